The van der Waals surface area contributed by atoms with Gasteiger partial charge in [-0.3, -0.25) is 0 Å². The molecule has 0 amide bonds. The van der Waals surface area contributed by atoms with Crippen molar-refractivity contribution in [2.75, 3.05) is 0 Å². The molecule has 0 bridgehead atoms. The van der Waals surface area contributed by atoms with Crippen molar-refractivity contribution >= 4 is 0 Å². The van der Waals surface area contributed by atoms with Crippen LogP contribution in [0, 0.1) is 0 Å². The third kappa shape index (κ3) is 4.06. The van der Waals surface area contributed by atoms with E-state index in [1.807, 2.05) is 0 Å². The van der Waals surface area contributed by atoms with Crippen LogP contribution in [0.25, 0.3) is 0 Å². The van der Waals surface area contributed by atoms with E-state index in [0.29, 0.717) is 24.3 Å². The molecule has 86 valence electrons. The topological polar surface area (TPSA) is 45.4 Å². The second-order valence-electron chi connectivity index (χ2n) is 4.14. The van der Waals surface area contributed by atoms with E-state index < -0.39 is 6.10 Å². The van der Waals surface area contributed by atoms with Gasteiger partial charge in [0.05, 0.1) is 6.26 Å². The Balaban J connectivity index is 2.34. The van der Waals surface area contributed by atoms with E-state index in [0.717, 1.165) is 6.42 Å². The predicted octanol–water partition coefficient (Wildman–Crippen LogP) is 2.48. The summed E-state index contributed by atoms with van der Waals surface area (Å²) in [7, 11) is 0. The number of rotatable bonds is 6. The summed E-state index contributed by atoms with van der Waals surface area (Å²) in [5.74, 6) is 0.646. The molecule has 3 heteroatoms. The van der Waals surface area contributed by atoms with Crippen LogP contribution in [0.5, 0.6) is 0 Å². The molecule has 1 aromatic rings. The van der Waals surface area contributed by atoms with Crippen LogP contribution >= 0.6 is 0 Å². The average Bonchev–Trinajstić information content (AvgIpc) is 2.70. The Morgan fingerprint density at radius 2 is 2.13 bits per heavy atom. The van der Waals surface area contributed by atoms with Gasteiger partial charge in [-0.1, -0.05) is 6.92 Å². The predicted molar refractivity (Wildman–Crippen MR) is 60.6 cm³/mol. The van der Waals surface area contributed by atoms with Gasteiger partial charge < -0.3 is 14.8 Å². The molecule has 3 nitrogen and oxygen atoms in total. The number of hydrogen-bond acceptors (Lipinski definition) is 3. The minimum atomic E-state index is -0.508. The van der Waals surface area contributed by atoms with Gasteiger partial charge in [0.1, 0.15) is 11.9 Å². The molecular formula is C12H21NO2. The van der Waals surface area contributed by atoms with Crippen LogP contribution in [-0.2, 0) is 0 Å². The summed E-state index contributed by atoms with van der Waals surface area (Å²) >= 11 is 0. The molecule has 3 atom stereocenters. The van der Waals surface area contributed by atoms with E-state index in [2.05, 4.69) is 26.1 Å². The Morgan fingerprint density at radius 1 is 1.40 bits per heavy atom. The lowest BCUT2D eigenvalue weighted by Crippen LogP contribution is -2.35. The Bertz CT molecular complexity index is 259. The Kier molecular flexibility index (Phi) is 4.85. The largest absolute Gasteiger partial charge is 0.467 e. The first-order valence-electron chi connectivity index (χ1n) is 5.61. The van der Waals surface area contributed by atoms with Crippen molar-refractivity contribution in [3.05, 3.63) is 24.2 Å². The summed E-state index contributed by atoms with van der Waals surface area (Å²) in [6, 6.07) is 4.38. The molecule has 0 aliphatic heterocycles. The third-order valence-corrected chi connectivity index (χ3v) is 2.63. The fourth-order valence-electron chi connectivity index (χ4n) is 1.60. The van der Waals surface area contributed by atoms with E-state index in [1.54, 1.807) is 18.4 Å². The van der Waals surface area contributed by atoms with Gasteiger partial charge in [0, 0.05) is 12.1 Å². The first kappa shape index (κ1) is 12.3. The molecule has 0 spiro atoms. The molecule has 1 aromatic heterocycles. The fourth-order valence-corrected chi connectivity index (χ4v) is 1.60. The number of aliphatic hydroxyl groups excluding tert-OH is 1. The first-order valence-corrected chi connectivity index (χ1v) is 5.61. The van der Waals surface area contributed by atoms with E-state index in [4.69, 9.17) is 4.42 Å². The number of aliphatic hydroxyl groups is 1. The SMILES string of the molecule is CCC(C)NC(C)CC(O)c1ccco1. The maximum Gasteiger partial charge on any atom is 0.132 e. The normalized spacial score (nSPS) is 17.3. The average molecular weight is 211 g/mol. The summed E-state index contributed by atoms with van der Waals surface area (Å²) in [6.45, 7) is 6.38. The minimum Gasteiger partial charge on any atom is -0.467 e. The number of furan rings is 1. The van der Waals surface area contributed by atoms with Crippen LogP contribution in [-0.4, -0.2) is 17.2 Å². The second kappa shape index (κ2) is 5.93. The molecule has 0 saturated heterocycles. The maximum absolute atomic E-state index is 9.83. The van der Waals surface area contributed by atoms with Gasteiger partial charge in [-0.05, 0) is 38.8 Å². The summed E-state index contributed by atoms with van der Waals surface area (Å²) in [6.07, 6.45) is 2.86. The van der Waals surface area contributed by atoms with Crippen molar-refractivity contribution in [3.8, 4) is 0 Å². The summed E-state index contributed by atoms with van der Waals surface area (Å²) < 4.78 is 5.15. The molecule has 3 unspecified atom stereocenters. The zero-order valence-corrected chi connectivity index (χ0v) is 9.73. The Morgan fingerprint density at radius 3 is 2.67 bits per heavy atom. The van der Waals surface area contributed by atoms with E-state index in [1.165, 1.54) is 0 Å². The molecule has 0 aliphatic rings. The monoisotopic (exact) mass is 211 g/mol. The van der Waals surface area contributed by atoms with Gasteiger partial charge in [-0.25, -0.2) is 0 Å². The van der Waals surface area contributed by atoms with Crippen LogP contribution in [0.2, 0.25) is 0 Å². The lowest BCUT2D eigenvalue weighted by atomic mass is 10.1. The Hall–Kier alpha value is -0.800. The molecule has 0 aromatic carbocycles. The smallest absolute Gasteiger partial charge is 0.132 e. The quantitative estimate of drug-likeness (QED) is 0.760. The van der Waals surface area contributed by atoms with Gasteiger partial charge in [-0.15, -0.1) is 0 Å². The molecule has 0 aliphatic carbocycles. The molecule has 0 radical (unpaired) electrons. The molecule has 1 heterocycles. The molecular weight excluding hydrogens is 190 g/mol. The van der Waals surface area contributed by atoms with E-state index >= 15 is 0 Å². The highest BCUT2D eigenvalue weighted by Crippen LogP contribution is 2.18. The summed E-state index contributed by atoms with van der Waals surface area (Å²) in [5, 5.41) is 13.3. The zero-order chi connectivity index (χ0) is 11.3. The zero-order valence-electron chi connectivity index (χ0n) is 9.73. The van der Waals surface area contributed by atoms with Crippen molar-refractivity contribution in [1.29, 1.82) is 0 Å². The van der Waals surface area contributed by atoms with Gasteiger partial charge in [0.25, 0.3) is 0 Å². The van der Waals surface area contributed by atoms with E-state index in [9.17, 15) is 5.11 Å². The first-order chi connectivity index (χ1) is 7.13. The van der Waals surface area contributed by atoms with Crippen LogP contribution < -0.4 is 5.32 Å². The van der Waals surface area contributed by atoms with Crippen molar-refractivity contribution in [3.63, 3.8) is 0 Å². The highest BCUT2D eigenvalue weighted by molar-refractivity contribution is 5.02. The molecule has 2 N–H and O–H groups in total. The number of nitrogens with one attached hydrogen (secondary N) is 1. The third-order valence-electron chi connectivity index (χ3n) is 2.63. The Labute approximate surface area is 91.5 Å². The van der Waals surface area contributed by atoms with Crippen molar-refractivity contribution in [2.24, 2.45) is 0 Å². The lowest BCUT2D eigenvalue weighted by molar-refractivity contribution is 0.127. The highest BCUT2D eigenvalue weighted by Gasteiger charge is 2.15. The summed E-state index contributed by atoms with van der Waals surface area (Å²) in [4.78, 5) is 0. The van der Waals surface area contributed by atoms with Crippen molar-refractivity contribution in [2.45, 2.75) is 51.8 Å². The molecule has 1 rings (SSSR count). The molecule has 15 heavy (non-hydrogen) atoms. The van der Waals surface area contributed by atoms with Gasteiger partial charge in [0.2, 0.25) is 0 Å². The van der Waals surface area contributed by atoms with Crippen LogP contribution in [0.3, 0.4) is 0 Å². The second-order valence-corrected chi connectivity index (χ2v) is 4.14. The fraction of sp³-hybridized carbons (Fsp3) is 0.667. The maximum atomic E-state index is 9.83. The van der Waals surface area contributed by atoms with Crippen LogP contribution in [0.15, 0.2) is 22.8 Å². The number of hydrogen-bond donors (Lipinski definition) is 2. The van der Waals surface area contributed by atoms with Crippen LogP contribution in [0.4, 0.5) is 0 Å². The van der Waals surface area contributed by atoms with Crippen molar-refractivity contribution in [1.82, 2.24) is 5.32 Å². The van der Waals surface area contributed by atoms with Gasteiger partial charge in [0.15, 0.2) is 0 Å². The molecule has 0 saturated carbocycles. The highest BCUT2D eigenvalue weighted by atomic mass is 16.4. The van der Waals surface area contributed by atoms with Crippen molar-refractivity contribution < 1.29 is 9.52 Å². The standard InChI is InChI=1S/C12H21NO2/c1-4-9(2)13-10(3)8-11(14)12-6-5-7-15-12/h5-7,9-11,13-14H,4,8H2,1-3H3. The molecule has 0 fully saturated rings. The van der Waals surface area contributed by atoms with Gasteiger partial charge >= 0.3 is 0 Å². The van der Waals surface area contributed by atoms with E-state index in [-0.39, 0.29) is 0 Å². The lowest BCUT2D eigenvalue weighted by Gasteiger charge is -2.20. The summed E-state index contributed by atoms with van der Waals surface area (Å²) in [5.41, 5.74) is 0. The minimum absolute atomic E-state index is 0.292. The van der Waals surface area contributed by atoms with Gasteiger partial charge in [-0.2, -0.15) is 0 Å². The van der Waals surface area contributed by atoms with Crippen LogP contribution in [0.1, 0.15) is 45.5 Å².